The second-order valence-corrected chi connectivity index (χ2v) is 4.46. The highest BCUT2D eigenvalue weighted by molar-refractivity contribution is 7.80. The number of hydrogen-bond acceptors (Lipinski definition) is 3. The maximum atomic E-state index is 10.9. The number of carboxylic acid groups (broad SMARTS) is 1. The van der Waals surface area contributed by atoms with Crippen LogP contribution in [0.25, 0.3) is 10.8 Å². The molecule has 94 valence electrons. The van der Waals surface area contributed by atoms with Gasteiger partial charge in [-0.3, -0.25) is 10.1 Å². The number of thiol groups is 1. The average Bonchev–Trinajstić information content (AvgIpc) is 2.39. The van der Waals surface area contributed by atoms with Gasteiger partial charge in [0.25, 0.3) is 0 Å². The standard InChI is InChI=1S/C14H15NO2S/c16-14(17)13(9-18)15-8-11-6-3-5-10-4-1-2-7-12(10)11/h1-7,13,15,18H,8-9H2,(H,16,17). The first-order valence-corrected chi connectivity index (χ1v) is 6.39. The van der Waals surface area contributed by atoms with Gasteiger partial charge in [0.15, 0.2) is 0 Å². The Hall–Kier alpha value is -1.52. The predicted molar refractivity (Wildman–Crippen MR) is 76.1 cm³/mol. The Kier molecular flexibility index (Phi) is 4.23. The van der Waals surface area contributed by atoms with E-state index >= 15 is 0 Å². The summed E-state index contributed by atoms with van der Waals surface area (Å²) in [5, 5.41) is 14.3. The van der Waals surface area contributed by atoms with Crippen LogP contribution < -0.4 is 5.32 Å². The van der Waals surface area contributed by atoms with Gasteiger partial charge in [-0.2, -0.15) is 12.6 Å². The van der Waals surface area contributed by atoms with Crippen LogP contribution in [0, 0.1) is 0 Å². The highest BCUT2D eigenvalue weighted by atomic mass is 32.1. The van der Waals surface area contributed by atoms with E-state index in [1.807, 2.05) is 42.5 Å². The molecule has 0 fully saturated rings. The molecule has 2 aromatic carbocycles. The molecule has 0 aliphatic heterocycles. The molecule has 0 spiro atoms. The van der Waals surface area contributed by atoms with Crippen LogP contribution in [0.1, 0.15) is 5.56 Å². The molecule has 0 heterocycles. The first kappa shape index (κ1) is 12.9. The lowest BCUT2D eigenvalue weighted by atomic mass is 10.0. The van der Waals surface area contributed by atoms with Crippen LogP contribution >= 0.6 is 12.6 Å². The number of carbonyl (C=O) groups is 1. The van der Waals surface area contributed by atoms with E-state index in [0.29, 0.717) is 6.54 Å². The van der Waals surface area contributed by atoms with Crippen LogP contribution in [0.5, 0.6) is 0 Å². The Labute approximate surface area is 111 Å². The molecule has 0 saturated carbocycles. The van der Waals surface area contributed by atoms with E-state index in [0.717, 1.165) is 16.3 Å². The van der Waals surface area contributed by atoms with Crippen molar-refractivity contribution in [2.24, 2.45) is 0 Å². The van der Waals surface area contributed by atoms with Gasteiger partial charge in [0.1, 0.15) is 6.04 Å². The Bertz CT molecular complexity index is 551. The number of nitrogens with one attached hydrogen (secondary N) is 1. The van der Waals surface area contributed by atoms with E-state index in [4.69, 9.17) is 5.11 Å². The molecule has 2 rings (SSSR count). The van der Waals surface area contributed by atoms with Crippen LogP contribution in [-0.2, 0) is 11.3 Å². The van der Waals surface area contributed by atoms with Crippen molar-refractivity contribution in [3.05, 3.63) is 48.0 Å². The Morgan fingerprint density at radius 2 is 1.94 bits per heavy atom. The van der Waals surface area contributed by atoms with Crippen LogP contribution in [0.3, 0.4) is 0 Å². The monoisotopic (exact) mass is 261 g/mol. The van der Waals surface area contributed by atoms with Gasteiger partial charge in [-0.25, -0.2) is 0 Å². The van der Waals surface area contributed by atoms with Crippen LogP contribution in [0.4, 0.5) is 0 Å². The minimum atomic E-state index is -0.870. The number of carboxylic acids is 1. The smallest absolute Gasteiger partial charge is 0.321 e. The van der Waals surface area contributed by atoms with Crippen molar-refractivity contribution in [3.63, 3.8) is 0 Å². The molecule has 3 nitrogen and oxygen atoms in total. The molecule has 18 heavy (non-hydrogen) atoms. The fourth-order valence-electron chi connectivity index (χ4n) is 1.91. The van der Waals surface area contributed by atoms with Crippen LogP contribution in [-0.4, -0.2) is 22.9 Å². The molecule has 1 unspecified atom stereocenters. The molecule has 0 saturated heterocycles. The number of fused-ring (bicyclic) bond motifs is 1. The zero-order valence-corrected chi connectivity index (χ0v) is 10.7. The lowest BCUT2D eigenvalue weighted by Gasteiger charge is -2.13. The third-order valence-electron chi connectivity index (χ3n) is 2.90. The fraction of sp³-hybridized carbons (Fsp3) is 0.214. The summed E-state index contributed by atoms with van der Waals surface area (Å²) in [7, 11) is 0. The zero-order chi connectivity index (χ0) is 13.0. The third kappa shape index (κ3) is 2.83. The van der Waals surface area contributed by atoms with Gasteiger partial charge >= 0.3 is 5.97 Å². The molecular formula is C14H15NO2S. The normalized spacial score (nSPS) is 12.5. The molecule has 0 radical (unpaired) electrons. The predicted octanol–water partition coefficient (Wildman–Crippen LogP) is 2.31. The molecule has 0 aromatic heterocycles. The van der Waals surface area contributed by atoms with Gasteiger partial charge in [-0.1, -0.05) is 42.5 Å². The summed E-state index contributed by atoms with van der Waals surface area (Å²) in [6, 6.07) is 13.5. The molecule has 0 aliphatic rings. The fourth-order valence-corrected chi connectivity index (χ4v) is 2.20. The third-order valence-corrected chi connectivity index (χ3v) is 3.26. The molecule has 2 N–H and O–H groups in total. The number of hydrogen-bond donors (Lipinski definition) is 3. The second-order valence-electron chi connectivity index (χ2n) is 4.09. The van der Waals surface area contributed by atoms with Crippen molar-refractivity contribution in [1.82, 2.24) is 5.32 Å². The summed E-state index contributed by atoms with van der Waals surface area (Å²) >= 11 is 4.03. The summed E-state index contributed by atoms with van der Waals surface area (Å²) in [6.45, 7) is 0.527. The van der Waals surface area contributed by atoms with E-state index in [1.54, 1.807) is 0 Å². The lowest BCUT2D eigenvalue weighted by Crippen LogP contribution is -2.37. The van der Waals surface area contributed by atoms with Crippen molar-refractivity contribution in [2.75, 3.05) is 5.75 Å². The first-order valence-electron chi connectivity index (χ1n) is 5.76. The van der Waals surface area contributed by atoms with E-state index < -0.39 is 12.0 Å². The molecule has 1 atom stereocenters. The lowest BCUT2D eigenvalue weighted by molar-refractivity contribution is -0.138. The molecule has 0 aliphatic carbocycles. The van der Waals surface area contributed by atoms with Gasteiger partial charge in [0, 0.05) is 12.3 Å². The minimum Gasteiger partial charge on any atom is -0.480 e. The summed E-state index contributed by atoms with van der Waals surface area (Å²) in [6.07, 6.45) is 0. The highest BCUT2D eigenvalue weighted by Gasteiger charge is 2.14. The van der Waals surface area contributed by atoms with Crippen molar-refractivity contribution in [2.45, 2.75) is 12.6 Å². The van der Waals surface area contributed by atoms with E-state index in [2.05, 4.69) is 17.9 Å². The molecule has 0 bridgehead atoms. The molecule has 2 aromatic rings. The van der Waals surface area contributed by atoms with E-state index in [-0.39, 0.29) is 5.75 Å². The summed E-state index contributed by atoms with van der Waals surface area (Å²) in [5.74, 6) is -0.592. The maximum absolute atomic E-state index is 10.9. The summed E-state index contributed by atoms with van der Waals surface area (Å²) in [4.78, 5) is 10.9. The van der Waals surface area contributed by atoms with Gasteiger partial charge in [-0.15, -0.1) is 0 Å². The number of rotatable bonds is 5. The Balaban J connectivity index is 2.19. The maximum Gasteiger partial charge on any atom is 0.321 e. The Morgan fingerprint density at radius 1 is 1.22 bits per heavy atom. The van der Waals surface area contributed by atoms with Gasteiger partial charge in [0.2, 0.25) is 0 Å². The zero-order valence-electron chi connectivity index (χ0n) is 9.84. The van der Waals surface area contributed by atoms with Gasteiger partial charge < -0.3 is 5.11 Å². The quantitative estimate of drug-likeness (QED) is 0.724. The van der Waals surface area contributed by atoms with Crippen molar-refractivity contribution in [3.8, 4) is 0 Å². The topological polar surface area (TPSA) is 49.3 Å². The average molecular weight is 261 g/mol. The van der Waals surface area contributed by atoms with Crippen LogP contribution in [0.15, 0.2) is 42.5 Å². The second kappa shape index (κ2) is 5.89. The van der Waals surface area contributed by atoms with Crippen LogP contribution in [0.2, 0.25) is 0 Å². The minimum absolute atomic E-state index is 0.278. The van der Waals surface area contributed by atoms with E-state index in [1.165, 1.54) is 0 Å². The Morgan fingerprint density at radius 3 is 2.67 bits per heavy atom. The molecule has 0 amide bonds. The first-order chi connectivity index (χ1) is 8.72. The summed E-state index contributed by atoms with van der Waals surface area (Å²) in [5.41, 5.74) is 1.10. The number of aliphatic carboxylic acids is 1. The SMILES string of the molecule is O=C(O)C(CS)NCc1cccc2ccccc12. The number of benzene rings is 2. The van der Waals surface area contributed by atoms with Crippen molar-refractivity contribution in [1.29, 1.82) is 0 Å². The van der Waals surface area contributed by atoms with Gasteiger partial charge in [0.05, 0.1) is 0 Å². The van der Waals surface area contributed by atoms with Gasteiger partial charge in [-0.05, 0) is 16.3 Å². The summed E-state index contributed by atoms with van der Waals surface area (Å²) < 4.78 is 0. The van der Waals surface area contributed by atoms with Crippen molar-refractivity contribution < 1.29 is 9.90 Å². The van der Waals surface area contributed by atoms with E-state index in [9.17, 15) is 4.79 Å². The van der Waals surface area contributed by atoms with Crippen molar-refractivity contribution >= 4 is 29.4 Å². The molecular weight excluding hydrogens is 246 g/mol. The molecule has 4 heteroatoms. The largest absolute Gasteiger partial charge is 0.480 e. The highest BCUT2D eigenvalue weighted by Crippen LogP contribution is 2.18.